The highest BCUT2D eigenvalue weighted by atomic mass is 32.1. The number of anilines is 2. The van der Waals surface area contributed by atoms with Gasteiger partial charge in [-0.1, -0.05) is 19.9 Å². The number of ether oxygens (including phenoxy) is 2. The number of hydrogen-bond donors (Lipinski definition) is 2. The van der Waals surface area contributed by atoms with Gasteiger partial charge in [0.25, 0.3) is 0 Å². The number of nitrogens with one attached hydrogen (secondary N) is 2. The number of benzene rings is 1. The maximum Gasteiger partial charge on any atom is 0.231 e. The van der Waals surface area contributed by atoms with Gasteiger partial charge in [0.2, 0.25) is 5.95 Å². The minimum Gasteiger partial charge on any atom is -0.486 e. The van der Waals surface area contributed by atoms with Crippen molar-refractivity contribution in [3.8, 4) is 11.5 Å². The van der Waals surface area contributed by atoms with Crippen molar-refractivity contribution in [1.82, 2.24) is 15.3 Å². The number of piperidine rings is 1. The molecule has 1 aromatic heterocycles. The molecule has 3 heterocycles. The van der Waals surface area contributed by atoms with E-state index >= 15 is 0 Å². The van der Waals surface area contributed by atoms with E-state index < -0.39 is 0 Å². The topological polar surface area (TPSA) is 71.5 Å². The van der Waals surface area contributed by atoms with Crippen LogP contribution >= 0.6 is 12.2 Å². The van der Waals surface area contributed by atoms with Crippen LogP contribution in [-0.2, 0) is 6.54 Å². The van der Waals surface area contributed by atoms with Crippen LogP contribution in [0.5, 0.6) is 11.5 Å². The van der Waals surface area contributed by atoms with Crippen LogP contribution in [0.4, 0.5) is 11.8 Å². The summed E-state index contributed by atoms with van der Waals surface area (Å²) >= 11 is 5.46. The average Bonchev–Trinajstić information content (AvgIpc) is 2.71. The van der Waals surface area contributed by atoms with E-state index in [4.69, 9.17) is 26.7 Å². The second-order valence-corrected chi connectivity index (χ2v) is 8.74. The van der Waals surface area contributed by atoms with Gasteiger partial charge >= 0.3 is 0 Å². The predicted molar refractivity (Wildman–Crippen MR) is 122 cm³/mol. The fourth-order valence-corrected chi connectivity index (χ4v) is 4.31. The molecule has 0 bridgehead atoms. The molecule has 0 saturated carbocycles. The molecule has 0 amide bonds. The molecule has 2 aliphatic heterocycles. The molecule has 2 atom stereocenters. The zero-order chi connectivity index (χ0) is 21.1. The maximum atomic E-state index is 5.64. The van der Waals surface area contributed by atoms with E-state index in [0.717, 1.165) is 41.7 Å². The average molecular weight is 428 g/mol. The molecule has 4 rings (SSSR count). The van der Waals surface area contributed by atoms with Crippen molar-refractivity contribution in [3.05, 3.63) is 35.5 Å². The van der Waals surface area contributed by atoms with Gasteiger partial charge < -0.3 is 25.0 Å². The van der Waals surface area contributed by atoms with Crippen LogP contribution in [0.2, 0.25) is 0 Å². The molecule has 0 unspecified atom stereocenters. The maximum absolute atomic E-state index is 5.64. The van der Waals surface area contributed by atoms with Gasteiger partial charge in [0.05, 0.1) is 0 Å². The molecule has 30 heavy (non-hydrogen) atoms. The minimum absolute atomic E-state index is 0.488. The van der Waals surface area contributed by atoms with Gasteiger partial charge in [-0.05, 0) is 55.1 Å². The molecule has 0 aliphatic carbocycles. The van der Waals surface area contributed by atoms with E-state index in [1.165, 1.54) is 6.42 Å². The van der Waals surface area contributed by atoms with Crippen molar-refractivity contribution in [1.29, 1.82) is 0 Å². The minimum atomic E-state index is 0.488. The fourth-order valence-electron chi connectivity index (χ4n) is 4.15. The first-order valence-corrected chi connectivity index (χ1v) is 10.9. The molecular formula is C22H29N5O2S. The third kappa shape index (κ3) is 5.11. The first kappa shape index (κ1) is 20.7. The number of nitrogens with zero attached hydrogens (tertiary/aromatic N) is 3. The standard InChI is InChI=1S/C22H29N5O2S/c1-14-8-15(2)13-27(12-14)20-9-16(3)24-21(25-20)26-22(30)23-11-17-4-5-18-19(10-17)29-7-6-28-18/h4-5,9-10,14-15H,6-8,11-13H2,1-3H3,(H2,23,24,25,26,30)/t14-,15-/m1/s1. The van der Waals surface area contributed by atoms with Gasteiger partial charge in [0, 0.05) is 31.4 Å². The molecule has 2 aliphatic rings. The summed E-state index contributed by atoms with van der Waals surface area (Å²) in [6.07, 6.45) is 1.26. The second-order valence-electron chi connectivity index (χ2n) is 8.33. The molecule has 1 saturated heterocycles. The summed E-state index contributed by atoms with van der Waals surface area (Å²) in [6, 6.07) is 7.95. The number of thiocarbonyl (C=S) groups is 1. The number of fused-ring (bicyclic) bond motifs is 1. The van der Waals surface area contributed by atoms with E-state index in [1.54, 1.807) is 0 Å². The molecule has 1 aromatic carbocycles. The van der Waals surface area contributed by atoms with Crippen LogP contribution in [0.3, 0.4) is 0 Å². The van der Waals surface area contributed by atoms with Gasteiger partial charge in [-0.3, -0.25) is 0 Å². The zero-order valence-corrected chi connectivity index (χ0v) is 18.6. The molecular weight excluding hydrogens is 398 g/mol. The van der Waals surface area contributed by atoms with Crippen LogP contribution in [-0.4, -0.2) is 41.4 Å². The summed E-state index contributed by atoms with van der Waals surface area (Å²) in [5.74, 6) is 4.36. The lowest BCUT2D eigenvalue weighted by molar-refractivity contribution is 0.171. The quantitative estimate of drug-likeness (QED) is 0.718. The summed E-state index contributed by atoms with van der Waals surface area (Å²) in [4.78, 5) is 11.6. The van der Waals surface area contributed by atoms with Crippen LogP contribution in [0.15, 0.2) is 24.3 Å². The van der Waals surface area contributed by atoms with E-state index in [9.17, 15) is 0 Å². The van der Waals surface area contributed by atoms with Crippen molar-refractivity contribution in [2.45, 2.75) is 33.7 Å². The fraction of sp³-hybridized carbons (Fsp3) is 0.500. The lowest BCUT2D eigenvalue weighted by Crippen LogP contribution is -2.39. The Hall–Kier alpha value is -2.61. The Morgan fingerprint density at radius 3 is 2.60 bits per heavy atom. The Morgan fingerprint density at radius 2 is 1.83 bits per heavy atom. The molecule has 8 heteroatoms. The van der Waals surface area contributed by atoms with Crippen LogP contribution in [0, 0.1) is 18.8 Å². The third-order valence-corrected chi connectivity index (χ3v) is 5.56. The van der Waals surface area contributed by atoms with E-state index in [0.29, 0.717) is 42.7 Å². The smallest absolute Gasteiger partial charge is 0.231 e. The number of aromatic nitrogens is 2. The first-order valence-electron chi connectivity index (χ1n) is 10.5. The molecule has 1 fully saturated rings. The molecule has 2 aromatic rings. The highest BCUT2D eigenvalue weighted by Gasteiger charge is 2.23. The third-order valence-electron chi connectivity index (χ3n) is 5.32. The Balaban J connectivity index is 1.38. The van der Waals surface area contributed by atoms with Crippen LogP contribution in [0.1, 0.15) is 31.5 Å². The molecule has 7 nitrogen and oxygen atoms in total. The summed E-state index contributed by atoms with van der Waals surface area (Å²) in [7, 11) is 0. The van der Waals surface area contributed by atoms with Gasteiger partial charge in [0.1, 0.15) is 19.0 Å². The number of aryl methyl sites for hydroxylation is 1. The molecule has 160 valence electrons. The monoisotopic (exact) mass is 427 g/mol. The van der Waals surface area contributed by atoms with Crippen LogP contribution < -0.4 is 25.0 Å². The Bertz CT molecular complexity index is 912. The van der Waals surface area contributed by atoms with Gasteiger partial charge in [0.15, 0.2) is 16.6 Å². The van der Waals surface area contributed by atoms with Crippen LogP contribution in [0.25, 0.3) is 0 Å². The molecule has 0 radical (unpaired) electrons. The lowest BCUT2D eigenvalue weighted by atomic mass is 9.92. The lowest BCUT2D eigenvalue weighted by Gasteiger charge is -2.36. The van der Waals surface area contributed by atoms with Gasteiger partial charge in [-0.2, -0.15) is 4.98 Å². The molecule has 2 N–H and O–H groups in total. The Morgan fingerprint density at radius 1 is 1.10 bits per heavy atom. The number of hydrogen-bond acceptors (Lipinski definition) is 6. The molecule has 0 spiro atoms. The first-order chi connectivity index (χ1) is 14.5. The number of rotatable bonds is 4. The van der Waals surface area contributed by atoms with E-state index in [2.05, 4.69) is 34.4 Å². The Labute approximate surface area is 183 Å². The predicted octanol–water partition coefficient (Wildman–Crippen LogP) is 3.53. The summed E-state index contributed by atoms with van der Waals surface area (Å²) in [5, 5.41) is 6.84. The van der Waals surface area contributed by atoms with Crippen molar-refractivity contribution in [2.24, 2.45) is 11.8 Å². The van der Waals surface area contributed by atoms with Gasteiger partial charge in [-0.15, -0.1) is 0 Å². The van der Waals surface area contributed by atoms with Crippen molar-refractivity contribution in [3.63, 3.8) is 0 Å². The van der Waals surface area contributed by atoms with Gasteiger partial charge in [-0.25, -0.2) is 4.98 Å². The largest absolute Gasteiger partial charge is 0.486 e. The van der Waals surface area contributed by atoms with E-state index in [-0.39, 0.29) is 0 Å². The summed E-state index contributed by atoms with van der Waals surface area (Å²) in [6.45, 7) is 10.4. The SMILES string of the molecule is Cc1cc(N2C[C@H](C)C[C@@H](C)C2)nc(NC(=S)NCc2ccc3c(c2)OCCO3)n1. The zero-order valence-electron chi connectivity index (χ0n) is 17.8. The highest BCUT2D eigenvalue weighted by Crippen LogP contribution is 2.30. The van der Waals surface area contributed by atoms with Crippen molar-refractivity contribution >= 4 is 29.1 Å². The van der Waals surface area contributed by atoms with Crippen molar-refractivity contribution < 1.29 is 9.47 Å². The van der Waals surface area contributed by atoms with E-state index in [1.807, 2.05) is 31.2 Å². The Kier molecular flexibility index (Phi) is 6.22. The highest BCUT2D eigenvalue weighted by molar-refractivity contribution is 7.80. The second kappa shape index (κ2) is 9.04. The normalized spacial score (nSPS) is 20.6. The van der Waals surface area contributed by atoms with Crippen molar-refractivity contribution in [2.75, 3.05) is 36.5 Å². The summed E-state index contributed by atoms with van der Waals surface area (Å²) in [5.41, 5.74) is 1.98. The summed E-state index contributed by atoms with van der Waals surface area (Å²) < 4.78 is 11.2.